The number of aromatic carboxylic acids is 1. The van der Waals surface area contributed by atoms with Crippen LogP contribution in [-0.4, -0.2) is 31.7 Å². The van der Waals surface area contributed by atoms with Gasteiger partial charge in [0.25, 0.3) is 0 Å². The number of carboxylic acid groups (broad SMARTS) is 1. The Hall–Kier alpha value is -2.81. The van der Waals surface area contributed by atoms with Crippen molar-refractivity contribution in [1.82, 2.24) is 14.8 Å². The molecule has 1 aliphatic rings. The van der Waals surface area contributed by atoms with Gasteiger partial charge in [0.1, 0.15) is 10.5 Å². The van der Waals surface area contributed by atoms with E-state index in [0.29, 0.717) is 21.2 Å². The van der Waals surface area contributed by atoms with Gasteiger partial charge in [0.15, 0.2) is 16.5 Å². The molecule has 1 aromatic carbocycles. The fourth-order valence-corrected chi connectivity index (χ4v) is 4.08. The van der Waals surface area contributed by atoms with Crippen LogP contribution in [0.25, 0.3) is 16.0 Å². The summed E-state index contributed by atoms with van der Waals surface area (Å²) in [5.41, 5.74) is 0.659. The molecule has 0 saturated heterocycles. The number of hydrogen-bond donors (Lipinski definition) is 2. The first kappa shape index (κ1) is 16.6. The SMILES string of the molecule is O=C(O)c1nn(-c2ccc(F)cc2)c2nc(NC(=O)C3CCCC3)sc12. The second-order valence-electron chi connectivity index (χ2n) is 6.18. The molecule has 2 N–H and O–H groups in total. The molecule has 4 rings (SSSR count). The van der Waals surface area contributed by atoms with Gasteiger partial charge in [0.05, 0.1) is 5.69 Å². The Balaban J connectivity index is 1.73. The molecule has 0 radical (unpaired) electrons. The number of benzene rings is 1. The molecule has 1 aliphatic carbocycles. The lowest BCUT2D eigenvalue weighted by atomic mass is 10.1. The summed E-state index contributed by atoms with van der Waals surface area (Å²) in [6, 6.07) is 5.50. The molecule has 7 nitrogen and oxygen atoms in total. The van der Waals surface area contributed by atoms with E-state index in [1.807, 2.05) is 0 Å². The number of anilines is 1. The number of aromatic nitrogens is 3. The number of thiazole rings is 1. The zero-order valence-electron chi connectivity index (χ0n) is 13.6. The summed E-state index contributed by atoms with van der Waals surface area (Å²) in [4.78, 5) is 28.2. The maximum Gasteiger partial charge on any atom is 0.358 e. The lowest BCUT2D eigenvalue weighted by Crippen LogP contribution is -2.20. The second-order valence-corrected chi connectivity index (χ2v) is 7.18. The molecular weight excluding hydrogens is 359 g/mol. The molecular formula is C17H15FN4O3S. The summed E-state index contributed by atoms with van der Waals surface area (Å²) in [7, 11) is 0. The minimum atomic E-state index is -1.19. The van der Waals surface area contributed by atoms with E-state index in [2.05, 4.69) is 15.4 Å². The van der Waals surface area contributed by atoms with Crippen LogP contribution in [0, 0.1) is 11.7 Å². The van der Waals surface area contributed by atoms with Crippen molar-refractivity contribution in [3.8, 4) is 5.69 Å². The van der Waals surface area contributed by atoms with Crippen LogP contribution in [0.2, 0.25) is 0 Å². The van der Waals surface area contributed by atoms with E-state index in [4.69, 9.17) is 0 Å². The standard InChI is InChI=1S/C17H15FN4O3S/c18-10-5-7-11(8-6-10)22-14-13(12(21-22)16(24)25)26-17(19-14)20-15(23)9-3-1-2-4-9/h5-9H,1-4H2,(H,24,25)(H,19,20,23). The number of carboxylic acids is 1. The number of carbonyl (C=O) groups excluding carboxylic acids is 1. The first-order chi connectivity index (χ1) is 12.5. The number of rotatable bonds is 4. The molecule has 2 heterocycles. The van der Waals surface area contributed by atoms with Crippen molar-refractivity contribution in [1.29, 1.82) is 0 Å². The molecule has 0 spiro atoms. The topological polar surface area (TPSA) is 97.1 Å². The number of amides is 1. The molecule has 134 valence electrons. The number of carbonyl (C=O) groups is 2. The number of nitrogens with zero attached hydrogens (tertiary/aromatic N) is 3. The quantitative estimate of drug-likeness (QED) is 0.729. The van der Waals surface area contributed by atoms with Gasteiger partial charge in [-0.1, -0.05) is 24.2 Å². The molecule has 0 atom stereocenters. The first-order valence-electron chi connectivity index (χ1n) is 8.22. The minimum absolute atomic E-state index is 0.0189. The molecule has 0 unspecified atom stereocenters. The van der Waals surface area contributed by atoms with Crippen LogP contribution in [0.15, 0.2) is 24.3 Å². The van der Waals surface area contributed by atoms with Crippen LogP contribution in [0.5, 0.6) is 0 Å². The summed E-state index contributed by atoms with van der Waals surface area (Å²) >= 11 is 1.08. The molecule has 1 amide bonds. The second kappa shape index (κ2) is 6.49. The summed E-state index contributed by atoms with van der Waals surface area (Å²) in [5, 5.41) is 16.6. The Morgan fingerprint density at radius 2 is 1.92 bits per heavy atom. The third-order valence-electron chi connectivity index (χ3n) is 4.45. The Bertz CT molecular complexity index is 990. The average Bonchev–Trinajstić information content (AvgIpc) is 3.31. The third kappa shape index (κ3) is 2.94. The van der Waals surface area contributed by atoms with Crippen LogP contribution >= 0.6 is 11.3 Å². The van der Waals surface area contributed by atoms with Crippen molar-refractivity contribution < 1.29 is 19.1 Å². The van der Waals surface area contributed by atoms with Crippen molar-refractivity contribution >= 4 is 38.7 Å². The van der Waals surface area contributed by atoms with Crippen LogP contribution < -0.4 is 5.32 Å². The van der Waals surface area contributed by atoms with Crippen molar-refractivity contribution in [2.45, 2.75) is 25.7 Å². The zero-order valence-corrected chi connectivity index (χ0v) is 14.4. The van der Waals surface area contributed by atoms with Crippen molar-refractivity contribution in [2.75, 3.05) is 5.32 Å². The number of hydrogen-bond acceptors (Lipinski definition) is 5. The molecule has 26 heavy (non-hydrogen) atoms. The van der Waals surface area contributed by atoms with Crippen molar-refractivity contribution in [3.05, 3.63) is 35.8 Å². The van der Waals surface area contributed by atoms with E-state index in [0.717, 1.165) is 37.0 Å². The Morgan fingerprint density at radius 1 is 1.23 bits per heavy atom. The lowest BCUT2D eigenvalue weighted by Gasteiger charge is -2.07. The molecule has 1 fully saturated rings. The fourth-order valence-electron chi connectivity index (χ4n) is 3.15. The summed E-state index contributed by atoms with van der Waals surface area (Å²) in [6.07, 6.45) is 3.81. The minimum Gasteiger partial charge on any atom is -0.476 e. The normalized spacial score (nSPS) is 14.8. The van der Waals surface area contributed by atoms with Gasteiger partial charge in [-0.3, -0.25) is 4.79 Å². The largest absolute Gasteiger partial charge is 0.476 e. The van der Waals surface area contributed by atoms with Gasteiger partial charge in [-0.15, -0.1) is 0 Å². The summed E-state index contributed by atoms with van der Waals surface area (Å²) < 4.78 is 14.9. The van der Waals surface area contributed by atoms with Crippen molar-refractivity contribution in [2.24, 2.45) is 5.92 Å². The van der Waals surface area contributed by atoms with Gasteiger partial charge >= 0.3 is 5.97 Å². The molecule has 1 saturated carbocycles. The lowest BCUT2D eigenvalue weighted by molar-refractivity contribution is -0.119. The molecule has 3 aromatic rings. The molecule has 9 heteroatoms. The summed E-state index contributed by atoms with van der Waals surface area (Å²) in [6.45, 7) is 0. The van der Waals surface area contributed by atoms with Gasteiger partial charge in [-0.2, -0.15) is 10.1 Å². The monoisotopic (exact) mass is 374 g/mol. The number of fused-ring (bicyclic) bond motifs is 1. The maximum absolute atomic E-state index is 13.2. The van der Waals surface area contributed by atoms with Crippen LogP contribution in [0.1, 0.15) is 36.2 Å². The van der Waals surface area contributed by atoms with E-state index < -0.39 is 11.8 Å². The van der Waals surface area contributed by atoms with Gasteiger partial charge < -0.3 is 10.4 Å². The van der Waals surface area contributed by atoms with Gasteiger partial charge in [0, 0.05) is 5.92 Å². The predicted molar refractivity (Wildman–Crippen MR) is 94.2 cm³/mol. The van der Waals surface area contributed by atoms with Gasteiger partial charge in [-0.05, 0) is 37.1 Å². The van der Waals surface area contributed by atoms with E-state index in [9.17, 15) is 19.1 Å². The Labute approximate surface area is 151 Å². The van der Waals surface area contributed by atoms with E-state index in [1.54, 1.807) is 0 Å². The molecule has 0 bridgehead atoms. The van der Waals surface area contributed by atoms with E-state index >= 15 is 0 Å². The number of nitrogens with one attached hydrogen (secondary N) is 1. The Kier molecular flexibility index (Phi) is 4.15. The molecule has 2 aromatic heterocycles. The van der Waals surface area contributed by atoms with Crippen molar-refractivity contribution in [3.63, 3.8) is 0 Å². The Morgan fingerprint density at radius 3 is 2.58 bits per heavy atom. The van der Waals surface area contributed by atoms with Gasteiger partial charge in [0.2, 0.25) is 5.91 Å². The fraction of sp³-hybridized carbons (Fsp3) is 0.294. The highest BCUT2D eigenvalue weighted by Gasteiger charge is 2.26. The van der Waals surface area contributed by atoms with Gasteiger partial charge in [-0.25, -0.2) is 13.9 Å². The van der Waals surface area contributed by atoms with Crippen LogP contribution in [-0.2, 0) is 4.79 Å². The smallest absolute Gasteiger partial charge is 0.358 e. The highest BCUT2D eigenvalue weighted by atomic mass is 32.1. The number of halogens is 1. The third-order valence-corrected chi connectivity index (χ3v) is 5.42. The predicted octanol–water partition coefficient (Wildman–Crippen LogP) is 3.45. The van der Waals surface area contributed by atoms with Crippen LogP contribution in [0.4, 0.5) is 9.52 Å². The van der Waals surface area contributed by atoms with Crippen LogP contribution in [0.3, 0.4) is 0 Å². The zero-order chi connectivity index (χ0) is 18.3. The molecule has 0 aliphatic heterocycles. The van der Waals surface area contributed by atoms with E-state index in [-0.39, 0.29) is 17.5 Å². The first-order valence-corrected chi connectivity index (χ1v) is 9.04. The highest BCUT2D eigenvalue weighted by Crippen LogP contribution is 2.32. The average molecular weight is 374 g/mol. The van der Waals surface area contributed by atoms with E-state index in [1.165, 1.54) is 28.9 Å². The highest BCUT2D eigenvalue weighted by molar-refractivity contribution is 7.22. The summed E-state index contributed by atoms with van der Waals surface area (Å²) in [5.74, 6) is -1.70. The maximum atomic E-state index is 13.2.